The molecule has 0 spiro atoms. The van der Waals surface area contributed by atoms with Crippen molar-refractivity contribution < 1.29 is 27.6 Å². The molecule has 4 nitrogen and oxygen atoms in total. The molecule has 1 aromatic rings. The van der Waals surface area contributed by atoms with E-state index in [0.29, 0.717) is 17.6 Å². The number of allylic oxidation sites excluding steroid dienone is 3. The average Bonchev–Trinajstić information content (AvgIpc) is 2.76. The standard InChI is InChI=1S/C25H29BF2O4/c1-4-5-6-7-8-19-9-11-21(12-10-19)24(32-26(27)28)17-23(29)20-13-15-22(16-14-20)31-25(30)18(2)3/h9-15,17,22H,2,4-8,16H2,1,3H3/b24-17-. The van der Waals surface area contributed by atoms with Crippen molar-refractivity contribution in [3.05, 3.63) is 77.4 Å². The highest BCUT2D eigenvalue weighted by Crippen LogP contribution is 2.22. The van der Waals surface area contributed by atoms with Crippen molar-refractivity contribution in [2.45, 2.75) is 58.5 Å². The minimum absolute atomic E-state index is 0.187. The SMILES string of the molecule is C=C(C)C(=O)OC1C=CC(C(=O)/C=C(\OB(F)F)c2ccc(CCCCCC)cc2)=CC1. The summed E-state index contributed by atoms with van der Waals surface area (Å²) in [5.74, 6) is -1.16. The molecule has 2 rings (SSSR count). The van der Waals surface area contributed by atoms with Crippen LogP contribution in [-0.2, 0) is 25.4 Å². The molecule has 0 amide bonds. The van der Waals surface area contributed by atoms with Gasteiger partial charge in [-0.1, -0.05) is 69.2 Å². The Bertz CT molecular complexity index is 901. The lowest BCUT2D eigenvalue weighted by Crippen LogP contribution is -2.18. The van der Waals surface area contributed by atoms with E-state index in [2.05, 4.69) is 18.2 Å². The molecule has 1 atom stereocenters. The van der Waals surface area contributed by atoms with Crippen LogP contribution in [0.3, 0.4) is 0 Å². The second-order valence-corrected chi connectivity index (χ2v) is 7.74. The molecule has 1 aliphatic carbocycles. The Hall–Kier alpha value is -2.96. The van der Waals surface area contributed by atoms with E-state index in [4.69, 9.17) is 4.74 Å². The number of carbonyl (C=O) groups is 2. The monoisotopic (exact) mass is 442 g/mol. The summed E-state index contributed by atoms with van der Waals surface area (Å²) in [5.41, 5.74) is 2.12. The van der Waals surface area contributed by atoms with Crippen LogP contribution >= 0.6 is 0 Å². The smallest absolute Gasteiger partial charge is 0.505 e. The van der Waals surface area contributed by atoms with Gasteiger partial charge in [0, 0.05) is 29.2 Å². The molecule has 0 aliphatic heterocycles. The first kappa shape index (κ1) is 25.3. The summed E-state index contributed by atoms with van der Waals surface area (Å²) in [6.45, 7) is 7.23. The molecular weight excluding hydrogens is 413 g/mol. The number of rotatable bonds is 12. The number of carbonyl (C=O) groups excluding carboxylic acids is 2. The first-order valence-corrected chi connectivity index (χ1v) is 10.8. The van der Waals surface area contributed by atoms with E-state index < -0.39 is 25.3 Å². The third-order valence-corrected chi connectivity index (χ3v) is 4.99. The highest BCUT2D eigenvalue weighted by molar-refractivity contribution is 6.36. The van der Waals surface area contributed by atoms with E-state index in [-0.39, 0.29) is 11.3 Å². The number of benzene rings is 1. The van der Waals surface area contributed by atoms with Crippen molar-refractivity contribution in [3.8, 4) is 0 Å². The summed E-state index contributed by atoms with van der Waals surface area (Å²) in [6.07, 6.45) is 11.1. The van der Waals surface area contributed by atoms with E-state index in [0.717, 1.165) is 37.3 Å². The normalized spacial score (nSPS) is 15.7. The maximum absolute atomic E-state index is 13.0. The molecule has 0 radical (unpaired) electrons. The Kier molecular flexibility index (Phi) is 10.1. The summed E-state index contributed by atoms with van der Waals surface area (Å²) in [5, 5.41) is 0. The lowest BCUT2D eigenvalue weighted by Gasteiger charge is -2.16. The predicted octanol–water partition coefficient (Wildman–Crippen LogP) is 6.03. The van der Waals surface area contributed by atoms with Gasteiger partial charge in [0.2, 0.25) is 0 Å². The Morgan fingerprint density at radius 2 is 1.91 bits per heavy atom. The summed E-state index contributed by atoms with van der Waals surface area (Å²) < 4.78 is 35.8. The number of halogens is 2. The van der Waals surface area contributed by atoms with Gasteiger partial charge in [0.15, 0.2) is 5.78 Å². The summed E-state index contributed by atoms with van der Waals surface area (Å²) in [4.78, 5) is 24.2. The molecule has 0 fully saturated rings. The summed E-state index contributed by atoms with van der Waals surface area (Å²) in [6, 6.07) is 7.12. The van der Waals surface area contributed by atoms with Crippen molar-refractivity contribution in [2.75, 3.05) is 0 Å². The minimum atomic E-state index is -3.05. The van der Waals surface area contributed by atoms with Crippen LogP contribution in [0.15, 0.2) is 66.3 Å². The van der Waals surface area contributed by atoms with Gasteiger partial charge in [-0.2, -0.15) is 0 Å². The molecule has 0 aromatic heterocycles. The van der Waals surface area contributed by atoms with Crippen molar-refractivity contribution in [1.29, 1.82) is 0 Å². The van der Waals surface area contributed by atoms with Crippen LogP contribution in [0.5, 0.6) is 0 Å². The molecular formula is C25H29BF2O4. The quantitative estimate of drug-likeness (QED) is 0.130. The Morgan fingerprint density at radius 3 is 2.47 bits per heavy atom. The zero-order valence-electron chi connectivity index (χ0n) is 18.6. The molecule has 0 saturated carbocycles. The fourth-order valence-corrected chi connectivity index (χ4v) is 3.18. The van der Waals surface area contributed by atoms with E-state index in [1.807, 2.05) is 12.1 Å². The maximum Gasteiger partial charge on any atom is 0.796 e. The van der Waals surface area contributed by atoms with Gasteiger partial charge in [-0.05, 0) is 31.4 Å². The van der Waals surface area contributed by atoms with Gasteiger partial charge in [-0.3, -0.25) is 4.79 Å². The van der Waals surface area contributed by atoms with Gasteiger partial charge in [0.25, 0.3) is 0 Å². The van der Waals surface area contributed by atoms with Crippen LogP contribution < -0.4 is 0 Å². The number of ketones is 1. The first-order chi connectivity index (χ1) is 15.3. The highest BCUT2D eigenvalue weighted by atomic mass is 19.2. The molecule has 0 N–H and O–H groups in total. The van der Waals surface area contributed by atoms with Crippen LogP contribution in [0.4, 0.5) is 8.63 Å². The molecule has 1 aromatic carbocycles. The van der Waals surface area contributed by atoms with Crippen molar-refractivity contribution in [1.82, 2.24) is 0 Å². The van der Waals surface area contributed by atoms with E-state index in [1.54, 1.807) is 31.2 Å². The third kappa shape index (κ3) is 8.29. The number of unbranched alkanes of at least 4 members (excludes halogenated alkanes) is 3. The van der Waals surface area contributed by atoms with Crippen LogP contribution in [0.2, 0.25) is 0 Å². The first-order valence-electron chi connectivity index (χ1n) is 10.8. The minimum Gasteiger partial charge on any atom is -0.505 e. The van der Waals surface area contributed by atoms with Crippen molar-refractivity contribution in [3.63, 3.8) is 0 Å². The largest absolute Gasteiger partial charge is 0.796 e. The van der Waals surface area contributed by atoms with Gasteiger partial charge < -0.3 is 9.39 Å². The fourth-order valence-electron chi connectivity index (χ4n) is 3.18. The van der Waals surface area contributed by atoms with Crippen LogP contribution in [0, 0.1) is 0 Å². The van der Waals surface area contributed by atoms with Crippen molar-refractivity contribution in [2.24, 2.45) is 0 Å². The van der Waals surface area contributed by atoms with E-state index in [1.165, 1.54) is 12.5 Å². The molecule has 32 heavy (non-hydrogen) atoms. The van der Waals surface area contributed by atoms with Crippen molar-refractivity contribution >= 4 is 25.0 Å². The van der Waals surface area contributed by atoms with Crippen LogP contribution in [0.1, 0.15) is 57.1 Å². The van der Waals surface area contributed by atoms with Crippen LogP contribution in [0.25, 0.3) is 5.76 Å². The molecule has 0 heterocycles. The molecule has 170 valence electrons. The van der Waals surface area contributed by atoms with E-state index in [9.17, 15) is 18.2 Å². The Morgan fingerprint density at radius 1 is 1.19 bits per heavy atom. The fraction of sp³-hybridized carbons (Fsp3) is 0.360. The number of aryl methyl sites for hydroxylation is 1. The molecule has 1 aliphatic rings. The molecule has 7 heteroatoms. The lowest BCUT2D eigenvalue weighted by molar-refractivity contribution is -0.141. The Balaban J connectivity index is 2.07. The van der Waals surface area contributed by atoms with Gasteiger partial charge >= 0.3 is 13.4 Å². The topological polar surface area (TPSA) is 52.6 Å². The molecule has 1 unspecified atom stereocenters. The van der Waals surface area contributed by atoms with Gasteiger partial charge in [0.1, 0.15) is 11.9 Å². The molecule has 0 bridgehead atoms. The molecule has 0 saturated heterocycles. The lowest BCUT2D eigenvalue weighted by atomic mass is 9.99. The van der Waals surface area contributed by atoms with Gasteiger partial charge in [-0.15, -0.1) is 0 Å². The van der Waals surface area contributed by atoms with Gasteiger partial charge in [0.05, 0.1) is 0 Å². The zero-order chi connectivity index (χ0) is 23.5. The third-order valence-electron chi connectivity index (χ3n) is 4.99. The summed E-state index contributed by atoms with van der Waals surface area (Å²) >= 11 is 0. The van der Waals surface area contributed by atoms with Gasteiger partial charge in [-0.25, -0.2) is 13.4 Å². The number of ether oxygens (including phenoxy) is 1. The highest BCUT2D eigenvalue weighted by Gasteiger charge is 2.22. The Labute approximate surface area is 188 Å². The maximum atomic E-state index is 13.0. The number of hydrogen-bond donors (Lipinski definition) is 0. The summed E-state index contributed by atoms with van der Waals surface area (Å²) in [7, 11) is -3.05. The number of esters is 1. The predicted molar refractivity (Wildman–Crippen MR) is 123 cm³/mol. The second-order valence-electron chi connectivity index (χ2n) is 7.74. The number of hydrogen-bond acceptors (Lipinski definition) is 4. The van der Waals surface area contributed by atoms with E-state index >= 15 is 0 Å². The van der Waals surface area contributed by atoms with Crippen LogP contribution in [-0.4, -0.2) is 25.3 Å². The average molecular weight is 442 g/mol. The second kappa shape index (κ2) is 12.8. The zero-order valence-corrected chi connectivity index (χ0v) is 18.6.